The number of benzene rings is 7. The summed E-state index contributed by atoms with van der Waals surface area (Å²) in [5.41, 5.74) is 13.2. The Bertz CT molecular complexity index is 3260. The minimum atomic E-state index is 0.530. The van der Waals surface area contributed by atoms with Crippen LogP contribution in [0.15, 0.2) is 191 Å². The summed E-state index contributed by atoms with van der Waals surface area (Å²) in [6, 6.07) is 61.9. The molecule has 11 rings (SSSR count). The molecule has 0 saturated carbocycles. The van der Waals surface area contributed by atoms with Gasteiger partial charge in [-0.2, -0.15) is 4.98 Å². The molecular formula is C50H30N4O2. The summed E-state index contributed by atoms with van der Waals surface area (Å²) in [4.78, 5) is 20.6. The van der Waals surface area contributed by atoms with Crippen LogP contribution in [0.5, 0.6) is 0 Å². The van der Waals surface area contributed by atoms with Gasteiger partial charge in [0, 0.05) is 33.0 Å². The van der Waals surface area contributed by atoms with E-state index in [1.54, 1.807) is 0 Å². The lowest BCUT2D eigenvalue weighted by molar-refractivity contribution is 0.653. The fourth-order valence-corrected chi connectivity index (χ4v) is 7.63. The van der Waals surface area contributed by atoms with Crippen molar-refractivity contribution in [3.63, 3.8) is 0 Å². The van der Waals surface area contributed by atoms with Gasteiger partial charge in [-0.05, 0) is 58.7 Å². The highest BCUT2D eigenvalue weighted by Crippen LogP contribution is 2.39. The van der Waals surface area contributed by atoms with Crippen molar-refractivity contribution in [1.29, 1.82) is 0 Å². The fourth-order valence-electron chi connectivity index (χ4n) is 7.63. The molecule has 0 radical (unpaired) electrons. The van der Waals surface area contributed by atoms with E-state index in [1.807, 2.05) is 97.1 Å². The highest BCUT2D eigenvalue weighted by atomic mass is 16.3. The van der Waals surface area contributed by atoms with Gasteiger partial charge in [-0.25, -0.2) is 15.0 Å². The first kappa shape index (κ1) is 31.8. The number of rotatable bonds is 6. The molecule has 0 fully saturated rings. The molecule has 0 aliphatic heterocycles. The van der Waals surface area contributed by atoms with Gasteiger partial charge < -0.3 is 8.83 Å². The average molecular weight is 719 g/mol. The summed E-state index contributed by atoms with van der Waals surface area (Å²) >= 11 is 0. The number of aromatic nitrogens is 4. The van der Waals surface area contributed by atoms with E-state index in [9.17, 15) is 0 Å². The minimum absolute atomic E-state index is 0.530. The van der Waals surface area contributed by atoms with Gasteiger partial charge in [-0.1, -0.05) is 146 Å². The molecule has 0 unspecified atom stereocenters. The molecule has 6 nitrogen and oxygen atoms in total. The van der Waals surface area contributed by atoms with Crippen molar-refractivity contribution in [3.8, 4) is 67.5 Å². The number of para-hydroxylation sites is 2. The Kier molecular flexibility index (Phi) is 7.38. The Hall–Kier alpha value is -7.70. The number of hydrogen-bond acceptors (Lipinski definition) is 6. The number of fused-ring (bicyclic) bond motifs is 6. The maximum absolute atomic E-state index is 6.43. The number of nitrogens with zero attached hydrogens (tertiary/aromatic N) is 4. The molecule has 0 N–H and O–H groups in total. The largest absolute Gasteiger partial charge is 0.452 e. The first-order valence-electron chi connectivity index (χ1n) is 18.5. The van der Waals surface area contributed by atoms with E-state index < -0.39 is 0 Å². The zero-order valence-corrected chi connectivity index (χ0v) is 29.9. The third-order valence-electron chi connectivity index (χ3n) is 10.3. The molecular weight excluding hydrogens is 689 g/mol. The van der Waals surface area contributed by atoms with Crippen molar-refractivity contribution in [2.45, 2.75) is 0 Å². The van der Waals surface area contributed by atoms with E-state index in [-0.39, 0.29) is 0 Å². The van der Waals surface area contributed by atoms with Crippen LogP contribution in [0.3, 0.4) is 0 Å². The molecule has 0 atom stereocenters. The summed E-state index contributed by atoms with van der Waals surface area (Å²) in [5.74, 6) is 1.13. The third kappa shape index (κ3) is 5.43. The van der Waals surface area contributed by atoms with Crippen LogP contribution in [0.2, 0.25) is 0 Å². The molecule has 56 heavy (non-hydrogen) atoms. The van der Waals surface area contributed by atoms with E-state index in [2.05, 4.69) is 84.9 Å². The van der Waals surface area contributed by atoms with Crippen LogP contribution in [-0.2, 0) is 0 Å². The lowest BCUT2D eigenvalue weighted by atomic mass is 9.96. The molecule has 6 heteroatoms. The Labute approximate surface area is 321 Å². The molecule has 0 aliphatic carbocycles. The van der Waals surface area contributed by atoms with Crippen molar-refractivity contribution in [1.82, 2.24) is 19.9 Å². The zero-order valence-electron chi connectivity index (χ0n) is 29.9. The van der Waals surface area contributed by atoms with Crippen molar-refractivity contribution < 1.29 is 8.83 Å². The lowest BCUT2D eigenvalue weighted by Crippen LogP contribution is -1.96. The Morgan fingerprint density at radius 2 is 0.804 bits per heavy atom. The van der Waals surface area contributed by atoms with Crippen LogP contribution >= 0.6 is 0 Å². The molecule has 4 aromatic heterocycles. The highest BCUT2D eigenvalue weighted by Gasteiger charge is 2.21. The van der Waals surface area contributed by atoms with Gasteiger partial charge in [-0.3, -0.25) is 0 Å². The topological polar surface area (TPSA) is 77.8 Å². The molecule has 262 valence electrons. The van der Waals surface area contributed by atoms with Crippen LogP contribution in [-0.4, -0.2) is 19.9 Å². The van der Waals surface area contributed by atoms with Crippen LogP contribution < -0.4 is 0 Å². The molecule has 11 aromatic rings. The number of furan rings is 2. The summed E-state index contributed by atoms with van der Waals surface area (Å²) < 4.78 is 12.8. The summed E-state index contributed by atoms with van der Waals surface area (Å²) in [6.45, 7) is 0. The van der Waals surface area contributed by atoms with Gasteiger partial charge >= 0.3 is 0 Å². The van der Waals surface area contributed by atoms with E-state index in [0.29, 0.717) is 22.9 Å². The summed E-state index contributed by atoms with van der Waals surface area (Å²) in [6.07, 6.45) is 0. The second kappa shape index (κ2) is 13.0. The van der Waals surface area contributed by atoms with E-state index in [0.717, 1.165) is 77.6 Å². The maximum atomic E-state index is 6.43. The van der Waals surface area contributed by atoms with Crippen LogP contribution in [0.1, 0.15) is 0 Å². The van der Waals surface area contributed by atoms with Crippen molar-refractivity contribution in [2.24, 2.45) is 0 Å². The zero-order chi connectivity index (χ0) is 37.0. The first-order valence-corrected chi connectivity index (χ1v) is 18.5. The van der Waals surface area contributed by atoms with Gasteiger partial charge in [0.1, 0.15) is 22.4 Å². The fraction of sp³-hybridized carbons (Fsp3) is 0. The smallest absolute Gasteiger partial charge is 0.231 e. The molecule has 0 amide bonds. The quantitative estimate of drug-likeness (QED) is 0.170. The monoisotopic (exact) mass is 718 g/mol. The van der Waals surface area contributed by atoms with Crippen LogP contribution in [0.25, 0.3) is 112 Å². The molecule has 0 aliphatic rings. The van der Waals surface area contributed by atoms with Gasteiger partial charge in [0.25, 0.3) is 0 Å². The maximum Gasteiger partial charge on any atom is 0.231 e. The van der Waals surface area contributed by atoms with Gasteiger partial charge in [0.05, 0.1) is 11.1 Å². The van der Waals surface area contributed by atoms with Crippen molar-refractivity contribution in [3.05, 3.63) is 182 Å². The van der Waals surface area contributed by atoms with E-state index in [4.69, 9.17) is 28.8 Å². The Balaban J connectivity index is 1.07. The van der Waals surface area contributed by atoms with E-state index in [1.165, 1.54) is 11.1 Å². The van der Waals surface area contributed by atoms with Gasteiger partial charge in [-0.15, -0.1) is 0 Å². The summed E-state index contributed by atoms with van der Waals surface area (Å²) in [5, 5.41) is 2.79. The molecule has 0 bridgehead atoms. The van der Waals surface area contributed by atoms with Crippen LogP contribution in [0.4, 0.5) is 0 Å². The highest BCUT2D eigenvalue weighted by molar-refractivity contribution is 6.11. The van der Waals surface area contributed by atoms with Crippen LogP contribution in [0, 0.1) is 0 Å². The summed E-state index contributed by atoms with van der Waals surface area (Å²) in [7, 11) is 0. The predicted octanol–water partition coefficient (Wildman–Crippen LogP) is 13.1. The van der Waals surface area contributed by atoms with Crippen molar-refractivity contribution >= 4 is 44.1 Å². The third-order valence-corrected chi connectivity index (χ3v) is 10.3. The van der Waals surface area contributed by atoms with Gasteiger partial charge in [0.2, 0.25) is 5.71 Å². The molecule has 0 saturated heterocycles. The Morgan fingerprint density at radius 1 is 0.321 bits per heavy atom. The predicted molar refractivity (Wildman–Crippen MR) is 225 cm³/mol. The molecule has 4 heterocycles. The van der Waals surface area contributed by atoms with Gasteiger partial charge in [0.15, 0.2) is 17.2 Å². The van der Waals surface area contributed by atoms with E-state index >= 15 is 0 Å². The Morgan fingerprint density at radius 3 is 1.52 bits per heavy atom. The normalized spacial score (nSPS) is 11.6. The SMILES string of the molecule is c1ccc(-c2cccc(-c3cccc(-c4nc(-c5cccc(-c6nc(-c7ccccc7)c7oc8ccccc8c7n6)c5)nc5oc6ccccc6c45)c3)c2)cc1. The first-order chi connectivity index (χ1) is 27.7. The second-order valence-electron chi connectivity index (χ2n) is 13.8. The molecule has 0 spiro atoms. The minimum Gasteiger partial charge on any atom is -0.452 e. The number of hydrogen-bond donors (Lipinski definition) is 0. The lowest BCUT2D eigenvalue weighted by Gasteiger charge is -2.11. The van der Waals surface area contributed by atoms with Crippen molar-refractivity contribution in [2.75, 3.05) is 0 Å². The second-order valence-corrected chi connectivity index (χ2v) is 13.8. The molecule has 7 aromatic carbocycles. The standard InChI is InChI=1S/C50H30N4O2/c1-3-14-31(15-4-1)33-18-11-19-34(28-33)35-20-12-21-36(29-35)44-43-39-24-7-9-26-41(39)56-50(43)54-49(51-44)38-23-13-22-37(30-38)48-52-45(32-16-5-2-6-17-32)47-46(53-48)40-25-8-10-27-42(40)55-47/h1-30H. The average Bonchev–Trinajstić information content (AvgIpc) is 3.85.